The lowest BCUT2D eigenvalue weighted by Gasteiger charge is -2.07. The Hall–Kier alpha value is -3.50. The number of benzene rings is 1. The van der Waals surface area contributed by atoms with Crippen molar-refractivity contribution in [3.8, 4) is 0 Å². The van der Waals surface area contributed by atoms with Gasteiger partial charge in [-0.15, -0.1) is 11.3 Å². The molecule has 0 saturated carbocycles. The first kappa shape index (κ1) is 18.5. The van der Waals surface area contributed by atoms with E-state index in [2.05, 4.69) is 30.2 Å². The predicted molar refractivity (Wildman–Crippen MR) is 115 cm³/mol. The highest BCUT2D eigenvalue weighted by molar-refractivity contribution is 7.07. The number of fused-ring (bicyclic) bond motifs is 2. The quantitative estimate of drug-likeness (QED) is 0.387. The van der Waals surface area contributed by atoms with E-state index in [1.54, 1.807) is 17.2 Å². The lowest BCUT2D eigenvalue weighted by molar-refractivity contribution is 0.0946. The largest absolute Gasteiger partial charge is 0.382 e. The van der Waals surface area contributed by atoms with E-state index < -0.39 is 0 Å². The molecule has 5 rings (SSSR count). The van der Waals surface area contributed by atoms with E-state index in [-0.39, 0.29) is 5.91 Å². The molecule has 0 aliphatic carbocycles. The lowest BCUT2D eigenvalue weighted by Crippen LogP contribution is -2.23. The summed E-state index contributed by atoms with van der Waals surface area (Å²) in [6, 6.07) is 5.75. The molecule has 0 aliphatic heterocycles. The maximum Gasteiger partial charge on any atom is 0.271 e. The second kappa shape index (κ2) is 7.39. The summed E-state index contributed by atoms with van der Waals surface area (Å²) >= 11 is 7.73. The van der Waals surface area contributed by atoms with E-state index in [1.165, 1.54) is 17.7 Å². The van der Waals surface area contributed by atoms with E-state index in [4.69, 9.17) is 17.3 Å². The zero-order valence-corrected chi connectivity index (χ0v) is 17.0. The van der Waals surface area contributed by atoms with Gasteiger partial charge in [-0.25, -0.2) is 19.9 Å². The van der Waals surface area contributed by atoms with Crippen molar-refractivity contribution in [2.45, 2.75) is 13.1 Å². The molecule has 5 aromatic rings. The summed E-state index contributed by atoms with van der Waals surface area (Å²) in [6.45, 7) is 0.842. The summed E-state index contributed by atoms with van der Waals surface area (Å²) in [5.74, 6) is 0.128. The SMILES string of the molecule is Nc1ncnc2c1ncn2Cc1cc(Cl)cc2cc(CNC(=O)c3cscn3)[nH]c12. The van der Waals surface area contributed by atoms with Crippen LogP contribution < -0.4 is 11.1 Å². The molecule has 0 saturated heterocycles. The normalized spacial score (nSPS) is 11.4. The minimum atomic E-state index is -0.213. The number of amides is 1. The Labute approximate surface area is 179 Å². The number of hydrogen-bond donors (Lipinski definition) is 3. The number of nitrogens with one attached hydrogen (secondary N) is 2. The van der Waals surface area contributed by atoms with E-state index in [9.17, 15) is 4.79 Å². The van der Waals surface area contributed by atoms with Crippen LogP contribution in [0.1, 0.15) is 21.7 Å². The van der Waals surface area contributed by atoms with Crippen molar-refractivity contribution < 1.29 is 4.79 Å². The number of H-pyrrole nitrogens is 1. The third kappa shape index (κ3) is 3.36. The third-order valence-electron chi connectivity index (χ3n) is 4.71. The molecule has 30 heavy (non-hydrogen) atoms. The Morgan fingerprint density at radius 3 is 2.97 bits per heavy atom. The number of nitrogens with zero attached hydrogens (tertiary/aromatic N) is 5. The van der Waals surface area contributed by atoms with Gasteiger partial charge in [-0.3, -0.25) is 4.79 Å². The van der Waals surface area contributed by atoms with Gasteiger partial charge in [-0.05, 0) is 23.8 Å². The van der Waals surface area contributed by atoms with Crippen molar-refractivity contribution in [3.63, 3.8) is 0 Å². The van der Waals surface area contributed by atoms with E-state index in [0.29, 0.717) is 40.8 Å². The summed E-state index contributed by atoms with van der Waals surface area (Å²) < 4.78 is 1.89. The molecular weight excluding hydrogens is 424 g/mol. The topological polar surface area (TPSA) is 127 Å². The molecule has 11 heteroatoms. The molecule has 0 spiro atoms. The van der Waals surface area contributed by atoms with Crippen LogP contribution in [0.2, 0.25) is 5.02 Å². The number of hydrogen-bond acceptors (Lipinski definition) is 7. The molecular formula is C19H15ClN8OS. The first-order chi connectivity index (χ1) is 14.6. The van der Waals surface area contributed by atoms with Crippen molar-refractivity contribution in [1.82, 2.24) is 34.8 Å². The molecule has 0 aliphatic rings. The van der Waals surface area contributed by atoms with Crippen LogP contribution in [0, 0.1) is 0 Å². The number of aromatic nitrogens is 6. The number of imidazole rings is 1. The van der Waals surface area contributed by atoms with E-state index in [0.717, 1.165) is 22.2 Å². The monoisotopic (exact) mass is 438 g/mol. The molecule has 1 amide bonds. The van der Waals surface area contributed by atoms with Crippen molar-refractivity contribution in [3.05, 3.63) is 63.7 Å². The van der Waals surface area contributed by atoms with Gasteiger partial charge in [0.2, 0.25) is 0 Å². The van der Waals surface area contributed by atoms with E-state index >= 15 is 0 Å². The van der Waals surface area contributed by atoms with Gasteiger partial charge in [0.05, 0.1) is 30.4 Å². The van der Waals surface area contributed by atoms with Crippen LogP contribution in [-0.2, 0) is 13.1 Å². The number of thiazole rings is 1. The molecule has 0 fully saturated rings. The first-order valence-electron chi connectivity index (χ1n) is 8.96. The zero-order chi connectivity index (χ0) is 20.7. The second-order valence-electron chi connectivity index (χ2n) is 6.68. The lowest BCUT2D eigenvalue weighted by atomic mass is 10.1. The van der Waals surface area contributed by atoms with Crippen LogP contribution in [0.5, 0.6) is 0 Å². The maximum absolute atomic E-state index is 12.1. The molecule has 0 bridgehead atoms. The van der Waals surface area contributed by atoms with Crippen molar-refractivity contribution in [2.24, 2.45) is 0 Å². The van der Waals surface area contributed by atoms with Gasteiger partial charge in [0, 0.05) is 21.5 Å². The zero-order valence-electron chi connectivity index (χ0n) is 15.5. The van der Waals surface area contributed by atoms with Crippen LogP contribution in [0.4, 0.5) is 5.82 Å². The number of anilines is 1. The van der Waals surface area contributed by atoms with Crippen LogP contribution >= 0.6 is 22.9 Å². The van der Waals surface area contributed by atoms with Gasteiger partial charge < -0.3 is 20.6 Å². The molecule has 4 aromatic heterocycles. The number of carbonyl (C=O) groups is 1. The van der Waals surface area contributed by atoms with Crippen LogP contribution in [-0.4, -0.2) is 35.4 Å². The smallest absolute Gasteiger partial charge is 0.271 e. The molecule has 150 valence electrons. The average molecular weight is 439 g/mol. The summed E-state index contributed by atoms with van der Waals surface area (Å²) in [6.07, 6.45) is 3.10. The van der Waals surface area contributed by atoms with Gasteiger partial charge >= 0.3 is 0 Å². The van der Waals surface area contributed by atoms with Gasteiger partial charge in [0.25, 0.3) is 5.91 Å². The Morgan fingerprint density at radius 1 is 1.23 bits per heavy atom. The van der Waals surface area contributed by atoms with Crippen molar-refractivity contribution in [2.75, 3.05) is 5.73 Å². The summed E-state index contributed by atoms with van der Waals surface area (Å²) in [7, 11) is 0. The molecule has 9 nitrogen and oxygen atoms in total. The molecule has 1 aromatic carbocycles. The van der Waals surface area contributed by atoms with Crippen LogP contribution in [0.3, 0.4) is 0 Å². The number of nitrogens with two attached hydrogens (primary N) is 1. The molecule has 4 N–H and O–H groups in total. The van der Waals surface area contributed by atoms with Crippen LogP contribution in [0.25, 0.3) is 22.1 Å². The highest BCUT2D eigenvalue weighted by Gasteiger charge is 2.13. The van der Waals surface area contributed by atoms with Gasteiger partial charge in [-0.1, -0.05) is 11.6 Å². The highest BCUT2D eigenvalue weighted by atomic mass is 35.5. The Morgan fingerprint density at radius 2 is 2.13 bits per heavy atom. The fourth-order valence-corrected chi connectivity index (χ4v) is 4.13. The number of rotatable bonds is 5. The highest BCUT2D eigenvalue weighted by Crippen LogP contribution is 2.26. The van der Waals surface area contributed by atoms with Crippen LogP contribution in [0.15, 0.2) is 41.7 Å². The number of aromatic amines is 1. The van der Waals surface area contributed by atoms with E-state index in [1.807, 2.05) is 22.8 Å². The van der Waals surface area contributed by atoms with Gasteiger partial charge in [0.15, 0.2) is 11.5 Å². The number of carbonyl (C=O) groups excluding carboxylic acids is 1. The Balaban J connectivity index is 1.45. The average Bonchev–Trinajstić information content (AvgIpc) is 3.46. The molecule has 0 radical (unpaired) electrons. The fraction of sp³-hybridized carbons (Fsp3) is 0.105. The number of nitrogen functional groups attached to an aromatic ring is 1. The Bertz CT molecular complexity index is 1370. The molecule has 0 atom stereocenters. The molecule has 0 unspecified atom stereocenters. The van der Waals surface area contributed by atoms with Gasteiger partial charge in [-0.2, -0.15) is 0 Å². The first-order valence-corrected chi connectivity index (χ1v) is 10.3. The minimum Gasteiger partial charge on any atom is -0.382 e. The Kier molecular flexibility index (Phi) is 4.57. The maximum atomic E-state index is 12.1. The second-order valence-corrected chi connectivity index (χ2v) is 7.84. The summed E-state index contributed by atoms with van der Waals surface area (Å²) in [5.41, 5.74) is 11.9. The van der Waals surface area contributed by atoms with Gasteiger partial charge in [0.1, 0.15) is 17.5 Å². The van der Waals surface area contributed by atoms with Crippen molar-refractivity contribution in [1.29, 1.82) is 0 Å². The third-order valence-corrected chi connectivity index (χ3v) is 5.51. The summed E-state index contributed by atoms with van der Waals surface area (Å²) in [5, 5.41) is 6.15. The number of halogens is 1. The fourth-order valence-electron chi connectivity index (χ4n) is 3.35. The summed E-state index contributed by atoms with van der Waals surface area (Å²) in [4.78, 5) is 32.1. The van der Waals surface area contributed by atoms with Crippen molar-refractivity contribution >= 4 is 56.7 Å². The minimum absolute atomic E-state index is 0.213. The molecule has 4 heterocycles. The standard InChI is InChI=1S/C19H15ClN8OS/c20-12-1-10-3-13(4-22-19(29)14-6-30-9-26-14)27-15(10)11(2-12)5-28-8-25-16-17(21)23-7-24-18(16)28/h1-3,6-9,27H,4-5H2,(H,22,29)(H2,21,23,24). The predicted octanol–water partition coefficient (Wildman–Crippen LogP) is 2.98.